The molecule has 0 rings (SSSR count). The van der Waals surface area contributed by atoms with Crippen molar-refractivity contribution in [3.8, 4) is 0 Å². The average Bonchev–Trinajstić information content (AvgIpc) is 3.33. The molecule has 0 saturated carbocycles. The molecule has 388 valence electrons. The molecule has 1 unspecified atom stereocenters. The molecule has 0 aliphatic heterocycles. The third-order valence-corrected chi connectivity index (χ3v) is 12.6. The number of rotatable bonds is 52. The first-order valence-electron chi connectivity index (χ1n) is 28.8. The zero-order valence-corrected chi connectivity index (χ0v) is 44.4. The van der Waals surface area contributed by atoms with Gasteiger partial charge in [0, 0.05) is 19.3 Å². The van der Waals surface area contributed by atoms with Crippen LogP contribution >= 0.6 is 0 Å². The van der Waals surface area contributed by atoms with Gasteiger partial charge in [-0.25, -0.2) is 0 Å². The van der Waals surface area contributed by atoms with E-state index in [1.807, 2.05) is 0 Å². The van der Waals surface area contributed by atoms with Crippen molar-refractivity contribution in [1.82, 2.24) is 0 Å². The summed E-state index contributed by atoms with van der Waals surface area (Å²) in [5, 5.41) is 0. The summed E-state index contributed by atoms with van der Waals surface area (Å²) in [6, 6.07) is 0. The van der Waals surface area contributed by atoms with Crippen LogP contribution in [0.5, 0.6) is 0 Å². The van der Waals surface area contributed by atoms with Gasteiger partial charge in [0.15, 0.2) is 6.10 Å². The summed E-state index contributed by atoms with van der Waals surface area (Å²) in [6.07, 6.45) is 69.1. The lowest BCUT2D eigenvalue weighted by Gasteiger charge is -2.18. The fourth-order valence-corrected chi connectivity index (χ4v) is 8.18. The minimum absolute atomic E-state index is 0.0818. The van der Waals surface area contributed by atoms with Gasteiger partial charge < -0.3 is 14.2 Å². The Labute approximate surface area is 415 Å². The largest absolute Gasteiger partial charge is 0.462 e. The molecule has 0 aromatic carbocycles. The lowest BCUT2D eigenvalue weighted by atomic mass is 10.0. The van der Waals surface area contributed by atoms with Crippen LogP contribution in [0.25, 0.3) is 0 Å². The number of hydrogen-bond donors (Lipinski definition) is 0. The van der Waals surface area contributed by atoms with Crippen LogP contribution in [0.3, 0.4) is 0 Å². The maximum Gasteiger partial charge on any atom is 0.306 e. The summed E-state index contributed by atoms with van der Waals surface area (Å²) in [6.45, 7) is 6.60. The molecule has 0 amide bonds. The highest BCUT2D eigenvalue weighted by atomic mass is 16.6. The van der Waals surface area contributed by atoms with Gasteiger partial charge in [0.1, 0.15) is 13.2 Å². The van der Waals surface area contributed by atoms with Crippen molar-refractivity contribution in [3.05, 3.63) is 60.8 Å². The normalized spacial score (nSPS) is 12.5. The molecular weight excluding hydrogens is 829 g/mol. The van der Waals surface area contributed by atoms with Crippen molar-refractivity contribution >= 4 is 17.9 Å². The smallest absolute Gasteiger partial charge is 0.306 e. The summed E-state index contributed by atoms with van der Waals surface area (Å²) in [7, 11) is 0. The van der Waals surface area contributed by atoms with Crippen molar-refractivity contribution in [2.75, 3.05) is 13.2 Å². The zero-order chi connectivity index (χ0) is 48.6. The summed E-state index contributed by atoms with van der Waals surface area (Å²) in [5.41, 5.74) is 0. The Morgan fingerprint density at radius 3 is 0.970 bits per heavy atom. The molecule has 0 radical (unpaired) electrons. The molecule has 0 heterocycles. The van der Waals surface area contributed by atoms with E-state index in [2.05, 4.69) is 81.5 Å². The first-order chi connectivity index (χ1) is 33.0. The van der Waals surface area contributed by atoms with E-state index in [4.69, 9.17) is 14.2 Å². The number of esters is 3. The second kappa shape index (κ2) is 55.7. The highest BCUT2D eigenvalue weighted by molar-refractivity contribution is 5.71. The summed E-state index contributed by atoms with van der Waals surface area (Å²) in [5.74, 6) is -0.898. The Bertz CT molecular complexity index is 1210. The Morgan fingerprint density at radius 1 is 0.313 bits per heavy atom. The molecule has 0 N–H and O–H groups in total. The highest BCUT2D eigenvalue weighted by Gasteiger charge is 2.19. The molecular formula is C61H108O6. The predicted molar refractivity (Wildman–Crippen MR) is 288 cm³/mol. The lowest BCUT2D eigenvalue weighted by molar-refractivity contribution is -0.167. The van der Waals surface area contributed by atoms with Crippen molar-refractivity contribution in [3.63, 3.8) is 0 Å². The molecule has 1 atom stereocenters. The van der Waals surface area contributed by atoms with E-state index in [-0.39, 0.29) is 31.1 Å². The van der Waals surface area contributed by atoms with Crippen LogP contribution in [0, 0.1) is 0 Å². The van der Waals surface area contributed by atoms with Gasteiger partial charge in [0.05, 0.1) is 0 Å². The number of allylic oxidation sites excluding steroid dienone is 10. The van der Waals surface area contributed by atoms with Gasteiger partial charge in [-0.05, 0) is 77.0 Å². The third-order valence-electron chi connectivity index (χ3n) is 12.6. The Morgan fingerprint density at radius 2 is 0.597 bits per heavy atom. The summed E-state index contributed by atoms with van der Waals surface area (Å²) < 4.78 is 16.9. The van der Waals surface area contributed by atoms with Gasteiger partial charge in [0.25, 0.3) is 0 Å². The van der Waals surface area contributed by atoms with E-state index < -0.39 is 6.10 Å². The number of carbonyl (C=O) groups excluding carboxylic acids is 3. The topological polar surface area (TPSA) is 78.9 Å². The van der Waals surface area contributed by atoms with Gasteiger partial charge in [-0.15, -0.1) is 0 Å². The monoisotopic (exact) mass is 937 g/mol. The standard InChI is InChI=1S/C61H108O6/c1-4-7-10-13-16-19-22-25-28-30-32-33-36-39-42-45-48-51-54-60(63)66-57-58(56-65-59(62)53-50-47-44-41-38-35-27-24-21-18-15-12-9-6-3)67-61(64)55-52-49-46-43-40-37-34-31-29-26-23-20-17-14-11-8-5-2/h17,20,22,25-26,28-30,32-33,58H,4-16,18-19,21,23-24,27,31,34-57H2,1-3H3/b20-17-,25-22-,29-26-,30-28-,33-32-. The number of unbranched alkanes of at least 4 members (excludes halogenated alkanes) is 33. The van der Waals surface area contributed by atoms with Crippen molar-refractivity contribution < 1.29 is 28.6 Å². The van der Waals surface area contributed by atoms with Gasteiger partial charge in [0.2, 0.25) is 0 Å². The second-order valence-electron chi connectivity index (χ2n) is 19.3. The van der Waals surface area contributed by atoms with E-state index in [9.17, 15) is 14.4 Å². The van der Waals surface area contributed by atoms with Gasteiger partial charge in [-0.1, -0.05) is 255 Å². The second-order valence-corrected chi connectivity index (χ2v) is 19.3. The van der Waals surface area contributed by atoms with Crippen LogP contribution < -0.4 is 0 Å². The van der Waals surface area contributed by atoms with E-state index in [1.165, 1.54) is 161 Å². The Hall–Kier alpha value is -2.89. The van der Waals surface area contributed by atoms with Crippen molar-refractivity contribution in [1.29, 1.82) is 0 Å². The molecule has 0 saturated heterocycles. The maximum absolute atomic E-state index is 12.9. The zero-order valence-electron chi connectivity index (χ0n) is 44.4. The van der Waals surface area contributed by atoms with Crippen LogP contribution in [0.15, 0.2) is 60.8 Å². The fraction of sp³-hybridized carbons (Fsp3) is 0.787. The number of ether oxygens (including phenoxy) is 3. The van der Waals surface area contributed by atoms with Gasteiger partial charge >= 0.3 is 17.9 Å². The van der Waals surface area contributed by atoms with Crippen LogP contribution in [0.1, 0.15) is 290 Å². The van der Waals surface area contributed by atoms with E-state index in [0.717, 1.165) is 89.9 Å². The molecule has 6 heteroatoms. The van der Waals surface area contributed by atoms with Gasteiger partial charge in [-0.2, -0.15) is 0 Å². The van der Waals surface area contributed by atoms with Crippen LogP contribution in [0.2, 0.25) is 0 Å². The minimum Gasteiger partial charge on any atom is -0.462 e. The van der Waals surface area contributed by atoms with Gasteiger partial charge in [-0.3, -0.25) is 14.4 Å². The lowest BCUT2D eigenvalue weighted by Crippen LogP contribution is -2.30. The molecule has 0 aromatic rings. The Balaban J connectivity index is 4.42. The van der Waals surface area contributed by atoms with Crippen LogP contribution in [-0.2, 0) is 28.6 Å². The quantitative estimate of drug-likeness (QED) is 0.0199. The van der Waals surface area contributed by atoms with Crippen molar-refractivity contribution in [2.45, 2.75) is 297 Å². The number of hydrogen-bond acceptors (Lipinski definition) is 6. The van der Waals surface area contributed by atoms with Crippen molar-refractivity contribution in [2.24, 2.45) is 0 Å². The fourth-order valence-electron chi connectivity index (χ4n) is 8.18. The third kappa shape index (κ3) is 53.9. The molecule has 67 heavy (non-hydrogen) atoms. The average molecular weight is 938 g/mol. The van der Waals surface area contributed by atoms with Crippen LogP contribution in [-0.4, -0.2) is 37.2 Å². The highest BCUT2D eigenvalue weighted by Crippen LogP contribution is 2.16. The Kier molecular flexibility index (Phi) is 53.3. The molecule has 0 fully saturated rings. The summed E-state index contributed by atoms with van der Waals surface area (Å²) in [4.78, 5) is 38.1. The number of carbonyl (C=O) groups is 3. The van der Waals surface area contributed by atoms with E-state index >= 15 is 0 Å². The van der Waals surface area contributed by atoms with E-state index in [1.54, 1.807) is 0 Å². The molecule has 0 bridgehead atoms. The first kappa shape index (κ1) is 64.1. The molecule has 6 nitrogen and oxygen atoms in total. The molecule has 0 aliphatic rings. The molecule has 0 aliphatic carbocycles. The van der Waals surface area contributed by atoms with E-state index in [0.29, 0.717) is 19.3 Å². The maximum atomic E-state index is 12.9. The van der Waals surface area contributed by atoms with Crippen LogP contribution in [0.4, 0.5) is 0 Å². The predicted octanol–water partition coefficient (Wildman–Crippen LogP) is 19.2. The first-order valence-corrected chi connectivity index (χ1v) is 28.8. The summed E-state index contributed by atoms with van der Waals surface area (Å²) >= 11 is 0. The molecule has 0 aromatic heterocycles. The minimum atomic E-state index is -0.785. The SMILES string of the molecule is CCCCC/C=C\C/C=C\CCCCCCCCCC(=O)OC(COC(=O)CCCCCCC\C=C/C=C\C=C/CCCCCCC)COC(=O)CCCCCCCCCCCCCCCC. The molecule has 0 spiro atoms.